The van der Waals surface area contributed by atoms with Crippen molar-refractivity contribution in [3.8, 4) is 0 Å². The number of hydrogen-bond acceptors (Lipinski definition) is 3. The molecule has 1 amide bonds. The molecule has 1 rings (SSSR count). The van der Waals surface area contributed by atoms with Crippen molar-refractivity contribution in [2.24, 2.45) is 0 Å². The van der Waals surface area contributed by atoms with Crippen molar-refractivity contribution in [1.82, 2.24) is 0 Å². The van der Waals surface area contributed by atoms with Crippen LogP contribution in [0.5, 0.6) is 0 Å². The summed E-state index contributed by atoms with van der Waals surface area (Å²) in [6.45, 7) is 1.38. The molecule has 1 aromatic rings. The Balaban J connectivity index is 2.90. The number of rotatable bonds is 4. The van der Waals surface area contributed by atoms with E-state index in [0.29, 0.717) is 11.3 Å². The van der Waals surface area contributed by atoms with Crippen LogP contribution in [0.25, 0.3) is 6.08 Å². The Bertz CT molecular complexity index is 410. The number of amides is 1. The van der Waals surface area contributed by atoms with Gasteiger partial charge >= 0.3 is 0 Å². The summed E-state index contributed by atoms with van der Waals surface area (Å²) >= 11 is 0. The molecular formula is C12H12NO3. The van der Waals surface area contributed by atoms with E-state index in [-0.39, 0.29) is 0 Å². The quantitative estimate of drug-likeness (QED) is 0.744. The first-order valence-electron chi connectivity index (χ1n) is 4.77. The lowest BCUT2D eigenvalue weighted by atomic mass is 10.1. The van der Waals surface area contributed by atoms with Crippen LogP contribution >= 0.6 is 0 Å². The second-order valence-electron chi connectivity index (χ2n) is 3.20. The van der Waals surface area contributed by atoms with E-state index < -0.39 is 12.0 Å². The van der Waals surface area contributed by atoms with E-state index in [2.05, 4.69) is 5.32 Å². The molecule has 83 valence electrons. The van der Waals surface area contributed by atoms with Gasteiger partial charge in [0, 0.05) is 5.69 Å². The van der Waals surface area contributed by atoms with Crippen LogP contribution in [-0.2, 0) is 9.59 Å². The highest BCUT2D eigenvalue weighted by atomic mass is 16.3. The van der Waals surface area contributed by atoms with Crippen molar-refractivity contribution in [3.05, 3.63) is 35.9 Å². The Morgan fingerprint density at radius 3 is 2.81 bits per heavy atom. The average Bonchev–Trinajstić information content (AvgIpc) is 2.27. The van der Waals surface area contributed by atoms with E-state index in [0.717, 1.165) is 0 Å². The molecule has 1 radical (unpaired) electrons. The van der Waals surface area contributed by atoms with Gasteiger partial charge in [-0.2, -0.15) is 0 Å². The van der Waals surface area contributed by atoms with E-state index in [1.54, 1.807) is 30.6 Å². The summed E-state index contributed by atoms with van der Waals surface area (Å²) in [7, 11) is 0. The third kappa shape index (κ3) is 3.33. The van der Waals surface area contributed by atoms with Gasteiger partial charge in [0.05, 0.1) is 0 Å². The molecule has 0 aliphatic rings. The maximum absolute atomic E-state index is 11.3. The molecule has 16 heavy (non-hydrogen) atoms. The molecular weight excluding hydrogens is 206 g/mol. The third-order valence-electron chi connectivity index (χ3n) is 1.93. The smallest absolute Gasteiger partial charge is 0.252 e. The van der Waals surface area contributed by atoms with E-state index in [1.807, 2.05) is 0 Å². The maximum Gasteiger partial charge on any atom is 0.252 e. The number of para-hydroxylation sites is 1. The maximum atomic E-state index is 11.3. The van der Waals surface area contributed by atoms with Gasteiger partial charge in [-0.25, -0.2) is 0 Å². The van der Waals surface area contributed by atoms with Gasteiger partial charge in [-0.1, -0.05) is 18.2 Å². The molecule has 4 nitrogen and oxygen atoms in total. The molecule has 0 saturated heterocycles. The minimum Gasteiger partial charge on any atom is -0.384 e. The monoisotopic (exact) mass is 218 g/mol. The molecule has 1 atom stereocenters. The molecule has 2 N–H and O–H groups in total. The van der Waals surface area contributed by atoms with Crippen LogP contribution < -0.4 is 5.32 Å². The molecule has 1 aromatic carbocycles. The lowest BCUT2D eigenvalue weighted by Gasteiger charge is -2.09. The number of aliphatic hydroxyl groups is 1. The Hall–Kier alpha value is -1.94. The van der Waals surface area contributed by atoms with E-state index in [1.165, 1.54) is 19.1 Å². The van der Waals surface area contributed by atoms with Gasteiger partial charge in [-0.05, 0) is 30.7 Å². The molecule has 0 bridgehead atoms. The molecule has 4 heteroatoms. The van der Waals surface area contributed by atoms with E-state index in [4.69, 9.17) is 5.11 Å². The number of benzene rings is 1. The Morgan fingerprint density at radius 1 is 1.50 bits per heavy atom. The number of nitrogens with one attached hydrogen (secondary N) is 1. The summed E-state index contributed by atoms with van der Waals surface area (Å²) in [6.07, 6.45) is 3.30. The summed E-state index contributed by atoms with van der Waals surface area (Å²) in [5.41, 5.74) is 1.22. The van der Waals surface area contributed by atoms with Crippen molar-refractivity contribution in [2.75, 3.05) is 5.32 Å². The standard InChI is InChI=1S/C12H12NO3/c1-9(15)12(16)13-11-7-3-2-5-10(11)6-4-8-14/h2-7,9,15H,1H3,(H,13,16)/b6-4+. The molecule has 0 heterocycles. The first-order valence-corrected chi connectivity index (χ1v) is 4.77. The van der Waals surface area contributed by atoms with Crippen molar-refractivity contribution < 1.29 is 14.7 Å². The normalized spacial score (nSPS) is 12.4. The Labute approximate surface area is 93.6 Å². The summed E-state index contributed by atoms with van der Waals surface area (Å²) in [5.74, 6) is -0.490. The molecule has 0 spiro atoms. The lowest BCUT2D eigenvalue weighted by Crippen LogP contribution is -2.24. The zero-order valence-electron chi connectivity index (χ0n) is 8.81. The minimum atomic E-state index is -1.07. The van der Waals surface area contributed by atoms with Gasteiger partial charge in [0.15, 0.2) is 0 Å². The first-order chi connectivity index (χ1) is 7.65. The van der Waals surface area contributed by atoms with Crippen molar-refractivity contribution >= 4 is 24.0 Å². The molecule has 0 aromatic heterocycles. The highest BCUT2D eigenvalue weighted by Crippen LogP contribution is 2.16. The number of carbonyl (C=O) groups excluding carboxylic acids is 2. The van der Waals surface area contributed by atoms with Gasteiger partial charge in [-0.3, -0.25) is 9.59 Å². The van der Waals surface area contributed by atoms with Gasteiger partial charge in [0.1, 0.15) is 6.10 Å². The summed E-state index contributed by atoms with van der Waals surface area (Å²) in [4.78, 5) is 21.4. The molecule has 0 saturated carbocycles. The van der Waals surface area contributed by atoms with Crippen LogP contribution in [0, 0.1) is 0 Å². The minimum absolute atomic E-state index is 0.490. The molecule has 0 fully saturated rings. The first kappa shape index (κ1) is 12.1. The molecule has 1 unspecified atom stereocenters. The van der Waals surface area contributed by atoms with Crippen LogP contribution in [0.4, 0.5) is 5.69 Å². The molecule has 0 aliphatic heterocycles. The lowest BCUT2D eigenvalue weighted by molar-refractivity contribution is -0.123. The predicted molar refractivity (Wildman–Crippen MR) is 61.5 cm³/mol. The fourth-order valence-electron chi connectivity index (χ4n) is 1.12. The number of carbonyl (C=O) groups is 1. The fourth-order valence-corrected chi connectivity index (χ4v) is 1.12. The number of aliphatic hydroxyl groups excluding tert-OH is 1. The van der Waals surface area contributed by atoms with Crippen LogP contribution in [-0.4, -0.2) is 23.4 Å². The zero-order valence-corrected chi connectivity index (χ0v) is 8.81. The topological polar surface area (TPSA) is 66.4 Å². The zero-order chi connectivity index (χ0) is 12.0. The van der Waals surface area contributed by atoms with E-state index >= 15 is 0 Å². The van der Waals surface area contributed by atoms with Crippen LogP contribution in [0.1, 0.15) is 12.5 Å². The number of hydrogen-bond donors (Lipinski definition) is 2. The van der Waals surface area contributed by atoms with Gasteiger partial charge in [0.25, 0.3) is 5.91 Å². The van der Waals surface area contributed by atoms with Gasteiger partial charge < -0.3 is 10.4 Å². The largest absolute Gasteiger partial charge is 0.384 e. The van der Waals surface area contributed by atoms with Crippen LogP contribution in [0.15, 0.2) is 30.3 Å². The molecule has 0 aliphatic carbocycles. The van der Waals surface area contributed by atoms with Crippen LogP contribution in [0.3, 0.4) is 0 Å². The number of allylic oxidation sites excluding steroid dienone is 1. The highest BCUT2D eigenvalue weighted by molar-refractivity contribution is 5.95. The van der Waals surface area contributed by atoms with Crippen LogP contribution in [0.2, 0.25) is 0 Å². The predicted octanol–water partition coefficient (Wildman–Crippen LogP) is 1.13. The number of anilines is 1. The summed E-state index contributed by atoms with van der Waals surface area (Å²) in [5, 5.41) is 11.6. The van der Waals surface area contributed by atoms with Gasteiger partial charge in [-0.15, -0.1) is 0 Å². The SMILES string of the molecule is CC(O)C(=O)Nc1ccccc1/C=C/[C]=O. The summed E-state index contributed by atoms with van der Waals surface area (Å²) < 4.78 is 0. The Kier molecular flexibility index (Phi) is 4.42. The highest BCUT2D eigenvalue weighted by Gasteiger charge is 2.09. The third-order valence-corrected chi connectivity index (χ3v) is 1.93. The van der Waals surface area contributed by atoms with Crippen molar-refractivity contribution in [1.29, 1.82) is 0 Å². The second-order valence-corrected chi connectivity index (χ2v) is 3.20. The average molecular weight is 218 g/mol. The van der Waals surface area contributed by atoms with Crippen molar-refractivity contribution in [3.63, 3.8) is 0 Å². The summed E-state index contributed by atoms with van der Waals surface area (Å²) in [6, 6.07) is 6.96. The fraction of sp³-hybridized carbons (Fsp3) is 0.167. The van der Waals surface area contributed by atoms with Gasteiger partial charge in [0.2, 0.25) is 6.29 Å². The Morgan fingerprint density at radius 2 is 2.19 bits per heavy atom. The second kappa shape index (κ2) is 5.82. The van der Waals surface area contributed by atoms with Crippen molar-refractivity contribution in [2.45, 2.75) is 13.0 Å². The van der Waals surface area contributed by atoms with E-state index in [9.17, 15) is 9.59 Å².